The number of anilines is 1. The summed E-state index contributed by atoms with van der Waals surface area (Å²) >= 11 is 0. The molecule has 2 amide bonds. The van der Waals surface area contributed by atoms with E-state index in [0.29, 0.717) is 62.6 Å². The number of hydrogen-bond donors (Lipinski definition) is 1. The van der Waals surface area contributed by atoms with Gasteiger partial charge in [0.25, 0.3) is 5.91 Å². The fourth-order valence-electron chi connectivity index (χ4n) is 4.44. The number of carbonyl (C=O) groups excluding carboxylic acids is 2. The molecule has 11 heteroatoms. The van der Waals surface area contributed by atoms with E-state index in [0.717, 1.165) is 6.26 Å². The second-order valence-electron chi connectivity index (χ2n) is 8.45. The standard InChI is InChI=1S/C21H29N3O7S/c1-23-17-5-4-15(12-20(25)24-7-9-29-10-8-24)31-19(17)13-30-18-6-3-14(22-32(2,27)28)11-16(18)21(23)26/h3,6,11,15,17,19,22H,4-5,7-10,12-13H2,1-2H3/t15-,17+,19+/m0/s1. The van der Waals surface area contributed by atoms with Crippen molar-refractivity contribution < 1.29 is 32.2 Å². The molecule has 0 bridgehead atoms. The van der Waals surface area contributed by atoms with Crippen molar-refractivity contribution in [1.29, 1.82) is 0 Å². The summed E-state index contributed by atoms with van der Waals surface area (Å²) in [6.07, 6.45) is 2.13. The molecule has 1 N–H and O–H groups in total. The second kappa shape index (κ2) is 9.24. The van der Waals surface area contributed by atoms with Gasteiger partial charge in [-0.1, -0.05) is 0 Å². The van der Waals surface area contributed by atoms with Crippen molar-refractivity contribution in [1.82, 2.24) is 9.80 Å². The van der Waals surface area contributed by atoms with E-state index in [9.17, 15) is 18.0 Å². The maximum Gasteiger partial charge on any atom is 0.257 e. The van der Waals surface area contributed by atoms with Crippen molar-refractivity contribution in [3.05, 3.63) is 23.8 Å². The topological polar surface area (TPSA) is 114 Å². The minimum Gasteiger partial charge on any atom is -0.490 e. The zero-order chi connectivity index (χ0) is 22.9. The number of nitrogens with one attached hydrogen (secondary N) is 1. The highest BCUT2D eigenvalue weighted by Crippen LogP contribution is 2.32. The lowest BCUT2D eigenvalue weighted by atomic mass is 9.94. The molecule has 0 aliphatic carbocycles. The van der Waals surface area contributed by atoms with Crippen molar-refractivity contribution in [3.8, 4) is 5.75 Å². The maximum atomic E-state index is 13.2. The molecule has 0 spiro atoms. The van der Waals surface area contributed by atoms with E-state index >= 15 is 0 Å². The number of carbonyl (C=O) groups is 2. The van der Waals surface area contributed by atoms with E-state index in [1.54, 1.807) is 24.1 Å². The molecule has 2 fully saturated rings. The summed E-state index contributed by atoms with van der Waals surface area (Å²) in [6, 6.07) is 4.43. The molecule has 32 heavy (non-hydrogen) atoms. The highest BCUT2D eigenvalue weighted by Gasteiger charge is 2.39. The van der Waals surface area contributed by atoms with E-state index in [1.807, 2.05) is 4.90 Å². The molecule has 0 unspecified atom stereocenters. The van der Waals surface area contributed by atoms with Gasteiger partial charge < -0.3 is 24.0 Å². The van der Waals surface area contributed by atoms with Crippen LogP contribution in [-0.4, -0.2) is 94.5 Å². The highest BCUT2D eigenvalue weighted by molar-refractivity contribution is 7.92. The van der Waals surface area contributed by atoms with Crippen LogP contribution in [0, 0.1) is 0 Å². The smallest absolute Gasteiger partial charge is 0.257 e. The fraction of sp³-hybridized carbons (Fsp3) is 0.619. The third kappa shape index (κ3) is 5.16. The Morgan fingerprint density at radius 1 is 1.22 bits per heavy atom. The van der Waals surface area contributed by atoms with E-state index in [2.05, 4.69) is 4.72 Å². The van der Waals surface area contributed by atoms with Crippen molar-refractivity contribution in [2.45, 2.75) is 37.5 Å². The molecule has 3 heterocycles. The Kier molecular flexibility index (Phi) is 6.59. The van der Waals surface area contributed by atoms with E-state index < -0.39 is 10.0 Å². The first-order chi connectivity index (χ1) is 15.2. The van der Waals surface area contributed by atoms with Crippen LogP contribution in [-0.2, 0) is 24.3 Å². The summed E-state index contributed by atoms with van der Waals surface area (Å²) in [5.41, 5.74) is 0.597. The Labute approximate surface area is 187 Å². The van der Waals surface area contributed by atoms with Crippen LogP contribution in [0.1, 0.15) is 29.6 Å². The van der Waals surface area contributed by atoms with Crippen LogP contribution in [0.4, 0.5) is 5.69 Å². The lowest BCUT2D eigenvalue weighted by Gasteiger charge is -2.42. The fourth-order valence-corrected chi connectivity index (χ4v) is 5.00. The molecule has 0 saturated carbocycles. The molecule has 0 aromatic heterocycles. The lowest BCUT2D eigenvalue weighted by molar-refractivity contribution is -0.146. The van der Waals surface area contributed by atoms with Gasteiger partial charge in [-0.2, -0.15) is 0 Å². The molecular weight excluding hydrogens is 438 g/mol. The number of nitrogens with zero attached hydrogens (tertiary/aromatic N) is 2. The van der Waals surface area contributed by atoms with Crippen LogP contribution in [0.3, 0.4) is 0 Å². The first kappa shape index (κ1) is 22.8. The van der Waals surface area contributed by atoms with Gasteiger partial charge in [-0.25, -0.2) is 8.42 Å². The molecule has 0 radical (unpaired) electrons. The third-order valence-corrected chi connectivity index (χ3v) is 6.69. The van der Waals surface area contributed by atoms with Crippen molar-refractivity contribution >= 4 is 27.5 Å². The van der Waals surface area contributed by atoms with Crippen LogP contribution in [0.5, 0.6) is 5.75 Å². The summed E-state index contributed by atoms with van der Waals surface area (Å²) in [5.74, 6) is 0.164. The Morgan fingerprint density at radius 3 is 2.69 bits per heavy atom. The number of amides is 2. The van der Waals surface area contributed by atoms with Crippen LogP contribution in [0.15, 0.2) is 18.2 Å². The van der Waals surface area contributed by atoms with Crippen LogP contribution >= 0.6 is 0 Å². The Hall–Kier alpha value is -2.37. The van der Waals surface area contributed by atoms with E-state index in [1.165, 1.54) is 6.07 Å². The monoisotopic (exact) mass is 467 g/mol. The summed E-state index contributed by atoms with van der Waals surface area (Å²) in [4.78, 5) is 29.2. The molecule has 2 saturated heterocycles. The number of fused-ring (bicyclic) bond motifs is 2. The quantitative estimate of drug-likeness (QED) is 0.693. The predicted octanol–water partition coefficient (Wildman–Crippen LogP) is 0.688. The van der Waals surface area contributed by atoms with Crippen LogP contribution < -0.4 is 9.46 Å². The SMILES string of the molecule is CN1C(=O)c2cc(NS(C)(=O)=O)ccc2OC[C@H]2O[C@H](CC(=O)N3CCOCC3)CC[C@H]21. The van der Waals surface area contributed by atoms with Gasteiger partial charge in [-0.05, 0) is 31.0 Å². The second-order valence-corrected chi connectivity index (χ2v) is 10.2. The Morgan fingerprint density at radius 2 is 1.97 bits per heavy atom. The largest absolute Gasteiger partial charge is 0.490 e. The zero-order valence-electron chi connectivity index (χ0n) is 18.3. The average molecular weight is 468 g/mol. The van der Waals surface area contributed by atoms with E-state index in [4.69, 9.17) is 14.2 Å². The van der Waals surface area contributed by atoms with Gasteiger partial charge in [0.2, 0.25) is 15.9 Å². The summed E-state index contributed by atoms with van der Waals surface area (Å²) in [7, 11) is -1.75. The number of sulfonamides is 1. The normalized spacial score (nSPS) is 26.3. The highest BCUT2D eigenvalue weighted by atomic mass is 32.2. The number of hydrogen-bond acceptors (Lipinski definition) is 7. The maximum absolute atomic E-state index is 13.2. The number of benzene rings is 1. The Bertz CT molecular complexity index is 978. The van der Waals surface area contributed by atoms with Crippen LogP contribution in [0.25, 0.3) is 0 Å². The molecule has 4 rings (SSSR count). The molecule has 3 atom stereocenters. The molecule has 10 nitrogen and oxygen atoms in total. The van der Waals surface area contributed by atoms with Gasteiger partial charge >= 0.3 is 0 Å². The summed E-state index contributed by atoms with van der Waals surface area (Å²) in [6.45, 7) is 2.55. The van der Waals surface area contributed by atoms with Gasteiger partial charge in [-0.15, -0.1) is 0 Å². The number of ether oxygens (including phenoxy) is 3. The van der Waals surface area contributed by atoms with Crippen molar-refractivity contribution in [2.24, 2.45) is 0 Å². The lowest BCUT2D eigenvalue weighted by Crippen LogP contribution is -2.54. The summed E-state index contributed by atoms with van der Waals surface area (Å²) in [5, 5.41) is 0. The summed E-state index contributed by atoms with van der Waals surface area (Å²) < 4.78 is 42.9. The minimum absolute atomic E-state index is 0.0594. The first-order valence-corrected chi connectivity index (χ1v) is 12.6. The zero-order valence-corrected chi connectivity index (χ0v) is 19.1. The minimum atomic E-state index is -3.47. The molecule has 1 aromatic carbocycles. The third-order valence-electron chi connectivity index (χ3n) is 6.08. The number of morpholine rings is 1. The predicted molar refractivity (Wildman–Crippen MR) is 116 cm³/mol. The van der Waals surface area contributed by atoms with Gasteiger partial charge in [0.1, 0.15) is 18.5 Å². The number of rotatable bonds is 4. The Balaban J connectivity index is 1.46. The van der Waals surface area contributed by atoms with Gasteiger partial charge in [-0.3, -0.25) is 14.3 Å². The van der Waals surface area contributed by atoms with Crippen LogP contribution in [0.2, 0.25) is 0 Å². The van der Waals surface area contributed by atoms with E-state index in [-0.39, 0.29) is 36.7 Å². The first-order valence-electron chi connectivity index (χ1n) is 10.7. The van der Waals surface area contributed by atoms with Crippen molar-refractivity contribution in [2.75, 3.05) is 50.9 Å². The molecule has 3 aliphatic rings. The molecular formula is C21H29N3O7S. The molecule has 3 aliphatic heterocycles. The molecule has 176 valence electrons. The average Bonchev–Trinajstić information content (AvgIpc) is 2.76. The van der Waals surface area contributed by atoms with Gasteiger partial charge in [0, 0.05) is 25.8 Å². The molecule has 1 aromatic rings. The van der Waals surface area contributed by atoms with Crippen molar-refractivity contribution in [3.63, 3.8) is 0 Å². The number of likely N-dealkylation sites (N-methyl/N-ethyl adjacent to an activating group) is 1. The van der Waals surface area contributed by atoms with Gasteiger partial charge in [0.15, 0.2) is 0 Å². The van der Waals surface area contributed by atoms with Gasteiger partial charge in [0.05, 0.1) is 43.6 Å².